The molecular formula is C16H20N2O3S. The van der Waals surface area contributed by atoms with Gasteiger partial charge in [-0.2, -0.15) is 0 Å². The van der Waals surface area contributed by atoms with Crippen LogP contribution in [-0.4, -0.2) is 40.8 Å². The number of hydrogen-bond acceptors (Lipinski definition) is 4. The SMILES string of the molecule is CC(C)(Cc1ccccc1)C(=O)NCCN1C(=O)CSC1=O. The van der Waals surface area contributed by atoms with Crippen LogP contribution < -0.4 is 5.32 Å². The Morgan fingerprint density at radius 1 is 1.27 bits per heavy atom. The van der Waals surface area contributed by atoms with Crippen molar-refractivity contribution >= 4 is 28.8 Å². The molecule has 1 aliphatic rings. The predicted octanol–water partition coefficient (Wildman–Crippen LogP) is 2.07. The number of hydrogen-bond donors (Lipinski definition) is 1. The van der Waals surface area contributed by atoms with Gasteiger partial charge in [0.2, 0.25) is 11.8 Å². The molecule has 1 aliphatic heterocycles. The molecule has 2 rings (SSSR count). The van der Waals surface area contributed by atoms with E-state index in [0.29, 0.717) is 6.42 Å². The molecule has 6 heteroatoms. The van der Waals surface area contributed by atoms with Crippen molar-refractivity contribution in [2.24, 2.45) is 5.41 Å². The molecule has 0 aromatic heterocycles. The molecule has 1 fully saturated rings. The molecule has 0 radical (unpaired) electrons. The Labute approximate surface area is 134 Å². The summed E-state index contributed by atoms with van der Waals surface area (Å²) in [5.74, 6) is -0.0670. The number of nitrogens with zero attached hydrogens (tertiary/aromatic N) is 1. The van der Waals surface area contributed by atoms with E-state index in [4.69, 9.17) is 0 Å². The summed E-state index contributed by atoms with van der Waals surface area (Å²) in [6.07, 6.45) is 0.636. The molecule has 0 aliphatic carbocycles. The first kappa shape index (κ1) is 16.5. The van der Waals surface area contributed by atoms with Gasteiger partial charge in [0.25, 0.3) is 5.24 Å². The van der Waals surface area contributed by atoms with Crippen molar-refractivity contribution in [2.45, 2.75) is 20.3 Å². The topological polar surface area (TPSA) is 66.5 Å². The highest BCUT2D eigenvalue weighted by Gasteiger charge is 2.31. The van der Waals surface area contributed by atoms with Crippen LogP contribution in [0.5, 0.6) is 0 Å². The summed E-state index contributed by atoms with van der Waals surface area (Å²) in [5, 5.41) is 2.58. The number of carbonyl (C=O) groups excluding carboxylic acids is 3. The van der Waals surface area contributed by atoms with E-state index in [9.17, 15) is 14.4 Å². The smallest absolute Gasteiger partial charge is 0.288 e. The largest absolute Gasteiger partial charge is 0.354 e. The van der Waals surface area contributed by atoms with E-state index in [1.807, 2.05) is 44.2 Å². The van der Waals surface area contributed by atoms with E-state index < -0.39 is 5.41 Å². The normalized spacial score (nSPS) is 15.3. The van der Waals surface area contributed by atoms with Gasteiger partial charge in [-0.15, -0.1) is 0 Å². The number of thioether (sulfide) groups is 1. The lowest BCUT2D eigenvalue weighted by molar-refractivity contribution is -0.130. The predicted molar refractivity (Wildman–Crippen MR) is 86.5 cm³/mol. The maximum absolute atomic E-state index is 12.3. The monoisotopic (exact) mass is 320 g/mol. The van der Waals surface area contributed by atoms with Gasteiger partial charge in [-0.05, 0) is 12.0 Å². The van der Waals surface area contributed by atoms with Crippen molar-refractivity contribution in [2.75, 3.05) is 18.8 Å². The molecule has 1 aromatic carbocycles. The Bertz CT molecular complexity index is 556. The Kier molecular flexibility index (Phi) is 5.24. The summed E-state index contributed by atoms with van der Waals surface area (Å²) in [7, 11) is 0. The lowest BCUT2D eigenvalue weighted by atomic mass is 9.85. The van der Waals surface area contributed by atoms with Crippen LogP contribution in [0.4, 0.5) is 4.79 Å². The average Bonchev–Trinajstić information content (AvgIpc) is 2.79. The molecule has 1 aromatic rings. The quantitative estimate of drug-likeness (QED) is 0.871. The van der Waals surface area contributed by atoms with Gasteiger partial charge in [-0.1, -0.05) is 55.9 Å². The molecule has 0 bridgehead atoms. The van der Waals surface area contributed by atoms with E-state index in [-0.39, 0.29) is 35.9 Å². The third kappa shape index (κ3) is 4.10. The summed E-state index contributed by atoms with van der Waals surface area (Å²) in [4.78, 5) is 36.4. The maximum Gasteiger partial charge on any atom is 0.288 e. The van der Waals surface area contributed by atoms with E-state index in [2.05, 4.69) is 5.32 Å². The van der Waals surface area contributed by atoms with E-state index in [0.717, 1.165) is 17.3 Å². The number of benzene rings is 1. The van der Waals surface area contributed by atoms with Crippen molar-refractivity contribution in [3.05, 3.63) is 35.9 Å². The zero-order chi connectivity index (χ0) is 16.2. The minimum absolute atomic E-state index is 0.0805. The molecule has 1 heterocycles. The van der Waals surface area contributed by atoms with Gasteiger partial charge in [0.1, 0.15) is 0 Å². The summed E-state index contributed by atoms with van der Waals surface area (Å²) in [6.45, 7) is 4.29. The fourth-order valence-electron chi connectivity index (χ4n) is 2.30. The highest BCUT2D eigenvalue weighted by molar-refractivity contribution is 8.14. The Hall–Kier alpha value is -1.82. The van der Waals surface area contributed by atoms with Crippen LogP contribution in [0.2, 0.25) is 0 Å². The molecule has 0 unspecified atom stereocenters. The molecule has 1 N–H and O–H groups in total. The van der Waals surface area contributed by atoms with Gasteiger partial charge in [0.15, 0.2) is 0 Å². The van der Waals surface area contributed by atoms with E-state index >= 15 is 0 Å². The molecule has 22 heavy (non-hydrogen) atoms. The molecule has 0 atom stereocenters. The third-order valence-electron chi connectivity index (χ3n) is 3.57. The Morgan fingerprint density at radius 2 is 1.95 bits per heavy atom. The highest BCUT2D eigenvalue weighted by atomic mass is 32.2. The minimum Gasteiger partial charge on any atom is -0.354 e. The second kappa shape index (κ2) is 6.96. The number of imide groups is 1. The maximum atomic E-state index is 12.3. The van der Waals surface area contributed by atoms with Crippen molar-refractivity contribution in [3.8, 4) is 0 Å². The lowest BCUT2D eigenvalue weighted by Crippen LogP contribution is -2.43. The summed E-state index contributed by atoms with van der Waals surface area (Å²) < 4.78 is 0. The fourth-order valence-corrected chi connectivity index (χ4v) is 3.06. The first-order valence-electron chi connectivity index (χ1n) is 7.19. The number of nitrogens with one attached hydrogen (secondary N) is 1. The second-order valence-corrected chi connectivity index (χ2v) is 6.83. The Morgan fingerprint density at radius 3 is 2.55 bits per heavy atom. The van der Waals surface area contributed by atoms with Crippen LogP contribution in [0.25, 0.3) is 0 Å². The highest BCUT2D eigenvalue weighted by Crippen LogP contribution is 2.22. The number of amides is 3. The zero-order valence-electron chi connectivity index (χ0n) is 12.8. The van der Waals surface area contributed by atoms with Gasteiger partial charge in [0, 0.05) is 18.5 Å². The van der Waals surface area contributed by atoms with Crippen molar-refractivity contribution in [1.82, 2.24) is 10.2 Å². The molecule has 0 spiro atoms. The lowest BCUT2D eigenvalue weighted by Gasteiger charge is -2.24. The van der Waals surface area contributed by atoms with Crippen molar-refractivity contribution in [3.63, 3.8) is 0 Å². The van der Waals surface area contributed by atoms with Crippen LogP contribution >= 0.6 is 11.8 Å². The molecule has 1 saturated heterocycles. The molecular weight excluding hydrogens is 300 g/mol. The van der Waals surface area contributed by atoms with Crippen molar-refractivity contribution in [1.29, 1.82) is 0 Å². The Balaban J connectivity index is 1.83. The summed E-state index contributed by atoms with van der Waals surface area (Å²) in [6, 6.07) is 9.83. The summed E-state index contributed by atoms with van der Waals surface area (Å²) in [5.41, 5.74) is 0.554. The van der Waals surface area contributed by atoms with Crippen LogP contribution in [0.1, 0.15) is 19.4 Å². The number of rotatable bonds is 6. The molecule has 118 valence electrons. The minimum atomic E-state index is -0.546. The molecule has 3 amide bonds. The van der Waals surface area contributed by atoms with Crippen LogP contribution in [0.3, 0.4) is 0 Å². The van der Waals surface area contributed by atoms with Crippen molar-refractivity contribution < 1.29 is 14.4 Å². The third-order valence-corrected chi connectivity index (χ3v) is 4.42. The second-order valence-electron chi connectivity index (χ2n) is 5.90. The first-order valence-corrected chi connectivity index (χ1v) is 8.18. The van der Waals surface area contributed by atoms with Gasteiger partial charge in [-0.3, -0.25) is 19.3 Å². The fraction of sp³-hybridized carbons (Fsp3) is 0.438. The zero-order valence-corrected chi connectivity index (χ0v) is 13.6. The van der Waals surface area contributed by atoms with Crippen LogP contribution in [0, 0.1) is 5.41 Å². The molecule has 0 saturated carbocycles. The van der Waals surface area contributed by atoms with Gasteiger partial charge < -0.3 is 5.32 Å². The van der Waals surface area contributed by atoms with Gasteiger partial charge >= 0.3 is 0 Å². The standard InChI is InChI=1S/C16H20N2O3S/c1-16(2,10-12-6-4-3-5-7-12)14(20)17-8-9-18-13(19)11-22-15(18)21/h3-7H,8-11H2,1-2H3,(H,17,20). The molecule has 5 nitrogen and oxygen atoms in total. The van der Waals surface area contributed by atoms with Gasteiger partial charge in [0.05, 0.1) is 5.75 Å². The average molecular weight is 320 g/mol. The summed E-state index contributed by atoms with van der Waals surface area (Å²) >= 11 is 1.00. The van der Waals surface area contributed by atoms with E-state index in [1.165, 1.54) is 4.90 Å². The van der Waals surface area contributed by atoms with Crippen LogP contribution in [-0.2, 0) is 16.0 Å². The van der Waals surface area contributed by atoms with Gasteiger partial charge in [-0.25, -0.2) is 0 Å². The van der Waals surface area contributed by atoms with Crippen LogP contribution in [0.15, 0.2) is 30.3 Å². The van der Waals surface area contributed by atoms with E-state index in [1.54, 1.807) is 0 Å². The first-order chi connectivity index (χ1) is 10.4. The number of carbonyl (C=O) groups is 3.